The highest BCUT2D eigenvalue weighted by Crippen LogP contribution is 2.24. The number of ether oxygens (including phenoxy) is 1. The largest absolute Gasteiger partial charge is 0.385 e. The van der Waals surface area contributed by atoms with E-state index in [1.54, 1.807) is 23.6 Å². The second-order valence-electron chi connectivity index (χ2n) is 3.20. The Hall–Kier alpha value is -0.990. The molecule has 0 fully saturated rings. The summed E-state index contributed by atoms with van der Waals surface area (Å²) >= 11 is 1.66. The number of hydrogen-bond donors (Lipinski definition) is 0. The zero-order chi connectivity index (χ0) is 11.3. The van der Waals surface area contributed by atoms with Crippen LogP contribution >= 0.6 is 11.8 Å². The second-order valence-corrected chi connectivity index (χ2v) is 4.28. The lowest BCUT2D eigenvalue weighted by Crippen LogP contribution is -1.95. The molecule has 0 radical (unpaired) electrons. The number of aromatic nitrogens is 2. The van der Waals surface area contributed by atoms with E-state index in [2.05, 4.69) is 11.2 Å². The monoisotopic (exact) mass is 225 g/mol. The highest BCUT2D eigenvalue weighted by atomic mass is 32.2. The minimum Gasteiger partial charge on any atom is -0.385 e. The second kappa shape index (κ2) is 5.79. The Morgan fingerprint density at radius 3 is 2.93 bits per heavy atom. The molecule has 1 heterocycles. The Morgan fingerprint density at radius 2 is 2.33 bits per heavy atom. The molecule has 0 saturated carbocycles. The first kappa shape index (κ1) is 12.1. The quantitative estimate of drug-likeness (QED) is 0.565. The van der Waals surface area contributed by atoms with Crippen molar-refractivity contribution in [2.75, 3.05) is 19.5 Å². The SMILES string of the molecule is COCCCSc1c(C#N)c(C)nn1C. The van der Waals surface area contributed by atoms with E-state index in [1.165, 1.54) is 0 Å². The van der Waals surface area contributed by atoms with Gasteiger partial charge in [0.25, 0.3) is 0 Å². The summed E-state index contributed by atoms with van der Waals surface area (Å²) in [5, 5.41) is 14.1. The van der Waals surface area contributed by atoms with Crippen molar-refractivity contribution < 1.29 is 4.74 Å². The topological polar surface area (TPSA) is 50.8 Å². The molecule has 0 bridgehead atoms. The van der Waals surface area contributed by atoms with Gasteiger partial charge in [0.15, 0.2) is 0 Å². The number of hydrogen-bond acceptors (Lipinski definition) is 4. The molecule has 15 heavy (non-hydrogen) atoms. The van der Waals surface area contributed by atoms with Gasteiger partial charge in [-0.25, -0.2) is 0 Å². The first-order valence-corrected chi connectivity index (χ1v) is 5.74. The third-order valence-corrected chi connectivity index (χ3v) is 3.25. The molecular formula is C10H15N3OS. The molecule has 0 aliphatic heterocycles. The van der Waals surface area contributed by atoms with E-state index in [4.69, 9.17) is 10.00 Å². The van der Waals surface area contributed by atoms with E-state index < -0.39 is 0 Å². The smallest absolute Gasteiger partial charge is 0.112 e. The maximum atomic E-state index is 8.97. The van der Waals surface area contributed by atoms with Crippen molar-refractivity contribution in [1.82, 2.24) is 9.78 Å². The van der Waals surface area contributed by atoms with Gasteiger partial charge in [-0.3, -0.25) is 4.68 Å². The molecule has 5 heteroatoms. The average molecular weight is 225 g/mol. The third kappa shape index (κ3) is 2.98. The third-order valence-electron chi connectivity index (χ3n) is 2.01. The van der Waals surface area contributed by atoms with Crippen molar-refractivity contribution in [1.29, 1.82) is 5.26 Å². The van der Waals surface area contributed by atoms with Crippen LogP contribution in [0.1, 0.15) is 17.7 Å². The summed E-state index contributed by atoms with van der Waals surface area (Å²) in [5.41, 5.74) is 1.49. The van der Waals surface area contributed by atoms with Crippen LogP contribution in [0.2, 0.25) is 0 Å². The predicted molar refractivity (Wildman–Crippen MR) is 59.9 cm³/mol. The zero-order valence-electron chi connectivity index (χ0n) is 9.28. The van der Waals surface area contributed by atoms with Gasteiger partial charge in [0, 0.05) is 26.5 Å². The number of rotatable bonds is 5. The summed E-state index contributed by atoms with van der Waals surface area (Å²) in [4.78, 5) is 0. The standard InChI is InChI=1S/C10H15N3OS/c1-8-9(7-11)10(13(2)12-8)15-6-4-5-14-3/h4-6H2,1-3H3. The first-order chi connectivity index (χ1) is 7.20. The maximum Gasteiger partial charge on any atom is 0.112 e. The van der Waals surface area contributed by atoms with Gasteiger partial charge in [-0.15, -0.1) is 11.8 Å². The molecule has 0 aromatic carbocycles. The van der Waals surface area contributed by atoms with Crippen LogP contribution in [0.5, 0.6) is 0 Å². The van der Waals surface area contributed by atoms with Crippen LogP contribution in [0, 0.1) is 18.3 Å². The van der Waals surface area contributed by atoms with Crippen molar-refractivity contribution >= 4 is 11.8 Å². The molecule has 0 unspecified atom stereocenters. The summed E-state index contributed by atoms with van der Waals surface area (Å²) in [6, 6.07) is 2.19. The van der Waals surface area contributed by atoms with E-state index in [0.29, 0.717) is 5.56 Å². The van der Waals surface area contributed by atoms with Crippen molar-refractivity contribution in [3.05, 3.63) is 11.3 Å². The average Bonchev–Trinajstić information content (AvgIpc) is 2.48. The lowest BCUT2D eigenvalue weighted by Gasteiger charge is -2.01. The van der Waals surface area contributed by atoms with Crippen LogP contribution in [-0.2, 0) is 11.8 Å². The van der Waals surface area contributed by atoms with Crippen LogP contribution in [-0.4, -0.2) is 29.3 Å². The molecule has 4 nitrogen and oxygen atoms in total. The molecule has 0 amide bonds. The Bertz CT molecular complexity index is 367. The molecule has 1 rings (SSSR count). The lowest BCUT2D eigenvalue weighted by atomic mass is 10.3. The Balaban J connectivity index is 2.64. The zero-order valence-corrected chi connectivity index (χ0v) is 10.1. The molecule has 0 aliphatic rings. The van der Waals surface area contributed by atoms with E-state index >= 15 is 0 Å². The highest BCUT2D eigenvalue weighted by molar-refractivity contribution is 7.99. The van der Waals surface area contributed by atoms with Gasteiger partial charge in [0.05, 0.1) is 5.69 Å². The summed E-state index contributed by atoms with van der Waals surface area (Å²) in [6.45, 7) is 2.61. The van der Waals surface area contributed by atoms with Gasteiger partial charge in [0.1, 0.15) is 16.7 Å². The van der Waals surface area contributed by atoms with Gasteiger partial charge in [0.2, 0.25) is 0 Å². The van der Waals surface area contributed by atoms with Crippen LogP contribution in [0.3, 0.4) is 0 Å². The number of thioether (sulfide) groups is 1. The Labute approximate surface area is 94.2 Å². The van der Waals surface area contributed by atoms with Crippen LogP contribution < -0.4 is 0 Å². The summed E-state index contributed by atoms with van der Waals surface area (Å²) in [6.07, 6.45) is 0.982. The number of methoxy groups -OCH3 is 1. The van der Waals surface area contributed by atoms with Gasteiger partial charge >= 0.3 is 0 Å². The number of aryl methyl sites for hydroxylation is 2. The molecule has 0 atom stereocenters. The maximum absolute atomic E-state index is 8.97. The molecular weight excluding hydrogens is 210 g/mol. The van der Waals surface area contributed by atoms with Gasteiger partial charge in [-0.05, 0) is 13.3 Å². The molecule has 0 N–H and O–H groups in total. The fourth-order valence-corrected chi connectivity index (χ4v) is 2.32. The summed E-state index contributed by atoms with van der Waals surface area (Å²) in [5.74, 6) is 0.946. The fourth-order valence-electron chi connectivity index (χ4n) is 1.30. The predicted octanol–water partition coefficient (Wildman–Crippen LogP) is 1.73. The fraction of sp³-hybridized carbons (Fsp3) is 0.600. The number of nitrogens with zero attached hydrogens (tertiary/aromatic N) is 3. The Morgan fingerprint density at radius 1 is 1.60 bits per heavy atom. The normalized spacial score (nSPS) is 10.3. The first-order valence-electron chi connectivity index (χ1n) is 4.76. The van der Waals surface area contributed by atoms with Crippen molar-refractivity contribution in [3.8, 4) is 6.07 Å². The van der Waals surface area contributed by atoms with E-state index in [1.807, 2.05) is 14.0 Å². The summed E-state index contributed by atoms with van der Waals surface area (Å²) in [7, 11) is 3.56. The van der Waals surface area contributed by atoms with Crippen LogP contribution in [0.4, 0.5) is 0 Å². The van der Waals surface area contributed by atoms with Crippen LogP contribution in [0.25, 0.3) is 0 Å². The molecule has 0 saturated heterocycles. The minimum absolute atomic E-state index is 0.694. The van der Waals surface area contributed by atoms with E-state index in [-0.39, 0.29) is 0 Å². The van der Waals surface area contributed by atoms with Crippen molar-refractivity contribution in [3.63, 3.8) is 0 Å². The van der Waals surface area contributed by atoms with Gasteiger partial charge < -0.3 is 4.74 Å². The highest BCUT2D eigenvalue weighted by Gasteiger charge is 2.12. The summed E-state index contributed by atoms with van der Waals surface area (Å²) < 4.78 is 6.74. The van der Waals surface area contributed by atoms with Gasteiger partial charge in [-0.2, -0.15) is 10.4 Å². The van der Waals surface area contributed by atoms with Crippen molar-refractivity contribution in [2.24, 2.45) is 7.05 Å². The molecule has 1 aromatic heterocycles. The molecule has 82 valence electrons. The number of nitriles is 1. The Kier molecular flexibility index (Phi) is 4.66. The van der Waals surface area contributed by atoms with E-state index in [9.17, 15) is 0 Å². The van der Waals surface area contributed by atoms with Gasteiger partial charge in [-0.1, -0.05) is 0 Å². The molecule has 0 aliphatic carbocycles. The molecule has 0 spiro atoms. The lowest BCUT2D eigenvalue weighted by molar-refractivity contribution is 0.200. The minimum atomic E-state index is 0.694. The van der Waals surface area contributed by atoms with Crippen molar-refractivity contribution in [2.45, 2.75) is 18.4 Å². The molecule has 1 aromatic rings. The van der Waals surface area contributed by atoms with Crippen LogP contribution in [0.15, 0.2) is 5.03 Å². The van der Waals surface area contributed by atoms with E-state index in [0.717, 1.165) is 29.5 Å².